The van der Waals surface area contributed by atoms with Crippen molar-refractivity contribution in [3.05, 3.63) is 62.8 Å². The summed E-state index contributed by atoms with van der Waals surface area (Å²) in [6, 6.07) is 7.05. The van der Waals surface area contributed by atoms with E-state index in [1.165, 1.54) is 6.07 Å². The van der Waals surface area contributed by atoms with Crippen LogP contribution in [0.2, 0.25) is 0 Å². The van der Waals surface area contributed by atoms with Gasteiger partial charge in [-0.3, -0.25) is 14.6 Å². The number of hydrogen-bond acceptors (Lipinski definition) is 6. The molecular formula is C21H23N5O4. The Balaban J connectivity index is 1.39. The number of carbonyl (C=O) groups is 1. The smallest absolute Gasteiger partial charge is 0.252 e. The number of benzene rings is 1. The van der Waals surface area contributed by atoms with Crippen molar-refractivity contribution in [3.8, 4) is 17.4 Å². The molecule has 2 N–H and O–H groups in total. The summed E-state index contributed by atoms with van der Waals surface area (Å²) >= 11 is 0. The first-order chi connectivity index (χ1) is 14.4. The quantitative estimate of drug-likeness (QED) is 0.643. The molecule has 3 heterocycles. The average Bonchev–Trinajstić information content (AvgIpc) is 3.28. The van der Waals surface area contributed by atoms with Crippen LogP contribution in [-0.4, -0.2) is 32.4 Å². The first-order valence-corrected chi connectivity index (χ1v) is 9.69. The van der Waals surface area contributed by atoms with Crippen LogP contribution in [0.1, 0.15) is 34.6 Å². The van der Waals surface area contributed by atoms with Crippen LogP contribution in [0.3, 0.4) is 0 Å². The minimum atomic E-state index is -0.227. The molecule has 1 aliphatic heterocycles. The zero-order valence-electron chi connectivity index (χ0n) is 17.1. The third-order valence-corrected chi connectivity index (χ3v) is 5.03. The predicted molar refractivity (Wildman–Crippen MR) is 109 cm³/mol. The Bertz CT molecular complexity index is 1160. The van der Waals surface area contributed by atoms with Gasteiger partial charge in [0.1, 0.15) is 0 Å². The molecule has 156 valence electrons. The van der Waals surface area contributed by atoms with E-state index >= 15 is 0 Å². The molecule has 1 aliphatic rings. The van der Waals surface area contributed by atoms with E-state index in [2.05, 4.69) is 20.4 Å². The normalized spacial score (nSPS) is 12.2. The maximum atomic E-state index is 12.4. The molecule has 2 aromatic heterocycles. The van der Waals surface area contributed by atoms with E-state index in [4.69, 9.17) is 9.47 Å². The second kappa shape index (κ2) is 8.02. The molecule has 9 nitrogen and oxygen atoms in total. The molecule has 0 bridgehead atoms. The fourth-order valence-electron chi connectivity index (χ4n) is 3.49. The highest BCUT2D eigenvalue weighted by molar-refractivity contribution is 5.76. The van der Waals surface area contributed by atoms with Gasteiger partial charge in [0.2, 0.25) is 18.6 Å². The third kappa shape index (κ3) is 4.05. The number of nitrogens with one attached hydrogen (secondary N) is 2. The van der Waals surface area contributed by atoms with Crippen molar-refractivity contribution in [3.63, 3.8) is 0 Å². The van der Waals surface area contributed by atoms with Gasteiger partial charge in [-0.15, -0.1) is 0 Å². The number of aryl methyl sites for hydroxylation is 2. The Morgan fingerprint density at radius 2 is 2.00 bits per heavy atom. The predicted octanol–water partition coefficient (Wildman–Crippen LogP) is 1.86. The van der Waals surface area contributed by atoms with Crippen LogP contribution < -0.4 is 20.3 Å². The summed E-state index contributed by atoms with van der Waals surface area (Å²) in [7, 11) is 0. The summed E-state index contributed by atoms with van der Waals surface area (Å²) < 4.78 is 12.3. The minimum Gasteiger partial charge on any atom is -0.454 e. The number of hydrogen-bond donors (Lipinski definition) is 2. The van der Waals surface area contributed by atoms with E-state index in [1.807, 2.05) is 32.0 Å². The molecule has 1 aromatic carbocycles. The van der Waals surface area contributed by atoms with Gasteiger partial charge in [0.05, 0.1) is 5.69 Å². The molecule has 30 heavy (non-hydrogen) atoms. The highest BCUT2D eigenvalue weighted by Gasteiger charge is 2.16. The van der Waals surface area contributed by atoms with Crippen molar-refractivity contribution in [2.75, 3.05) is 6.79 Å². The fraction of sp³-hybridized carbons (Fsp3) is 0.333. The molecule has 0 radical (unpaired) electrons. The second-order valence-corrected chi connectivity index (χ2v) is 7.24. The lowest BCUT2D eigenvalue weighted by Crippen LogP contribution is -2.23. The Morgan fingerprint density at radius 1 is 1.20 bits per heavy atom. The van der Waals surface area contributed by atoms with Crippen LogP contribution in [0.5, 0.6) is 11.5 Å². The van der Waals surface area contributed by atoms with E-state index < -0.39 is 0 Å². The number of aromatic amines is 1. The summed E-state index contributed by atoms with van der Waals surface area (Å²) in [4.78, 5) is 31.2. The van der Waals surface area contributed by atoms with Crippen molar-refractivity contribution in [2.24, 2.45) is 0 Å². The number of ether oxygens (including phenoxy) is 2. The first-order valence-electron chi connectivity index (χ1n) is 9.69. The van der Waals surface area contributed by atoms with Crippen LogP contribution in [-0.2, 0) is 17.8 Å². The maximum Gasteiger partial charge on any atom is 0.252 e. The SMILES string of the molecule is Cc1cc(=O)[nH]c(-n2nc(C)c(CCC(=O)NCc3ccc4c(c3)OCO4)c2C)n1. The van der Waals surface area contributed by atoms with Gasteiger partial charge >= 0.3 is 0 Å². The summed E-state index contributed by atoms with van der Waals surface area (Å²) in [5.74, 6) is 1.74. The highest BCUT2D eigenvalue weighted by atomic mass is 16.7. The lowest BCUT2D eigenvalue weighted by molar-refractivity contribution is -0.121. The van der Waals surface area contributed by atoms with E-state index in [0.717, 1.165) is 28.3 Å². The molecular weight excluding hydrogens is 386 g/mol. The number of rotatable bonds is 6. The van der Waals surface area contributed by atoms with E-state index in [1.54, 1.807) is 11.6 Å². The van der Waals surface area contributed by atoms with Crippen molar-refractivity contribution >= 4 is 5.91 Å². The molecule has 0 saturated heterocycles. The van der Waals surface area contributed by atoms with Gasteiger partial charge in [-0.25, -0.2) is 9.67 Å². The van der Waals surface area contributed by atoms with Gasteiger partial charge in [-0.1, -0.05) is 6.07 Å². The lowest BCUT2D eigenvalue weighted by atomic mass is 10.1. The van der Waals surface area contributed by atoms with Gasteiger partial charge in [0, 0.05) is 30.4 Å². The van der Waals surface area contributed by atoms with Crippen LogP contribution in [0.25, 0.3) is 5.95 Å². The molecule has 0 spiro atoms. The van der Waals surface area contributed by atoms with Gasteiger partial charge in [0.25, 0.3) is 5.56 Å². The van der Waals surface area contributed by atoms with Gasteiger partial charge in [-0.05, 0) is 50.5 Å². The molecule has 0 unspecified atom stereocenters. The van der Waals surface area contributed by atoms with Crippen LogP contribution in [0, 0.1) is 20.8 Å². The van der Waals surface area contributed by atoms with Crippen LogP contribution in [0.4, 0.5) is 0 Å². The Labute approximate surface area is 173 Å². The topological polar surface area (TPSA) is 111 Å². The number of amides is 1. The summed E-state index contributed by atoms with van der Waals surface area (Å²) in [5.41, 5.74) is 3.96. The van der Waals surface area contributed by atoms with Gasteiger partial charge in [-0.2, -0.15) is 5.10 Å². The Hall–Kier alpha value is -3.62. The average molecular weight is 409 g/mol. The first kappa shape index (κ1) is 19.7. The molecule has 4 rings (SSSR count). The summed E-state index contributed by atoms with van der Waals surface area (Å²) in [5, 5.41) is 7.42. The zero-order chi connectivity index (χ0) is 21.3. The van der Waals surface area contributed by atoms with Crippen LogP contribution in [0.15, 0.2) is 29.1 Å². The molecule has 3 aromatic rings. The summed E-state index contributed by atoms with van der Waals surface area (Å²) in [6.07, 6.45) is 0.871. The number of aromatic nitrogens is 4. The van der Waals surface area contributed by atoms with Crippen molar-refractivity contribution in [2.45, 2.75) is 40.2 Å². The van der Waals surface area contributed by atoms with Crippen molar-refractivity contribution in [1.82, 2.24) is 25.1 Å². The monoisotopic (exact) mass is 409 g/mol. The largest absolute Gasteiger partial charge is 0.454 e. The van der Waals surface area contributed by atoms with E-state index in [0.29, 0.717) is 36.8 Å². The number of H-pyrrole nitrogens is 1. The molecule has 0 fully saturated rings. The number of carbonyl (C=O) groups excluding carboxylic acids is 1. The molecule has 0 aliphatic carbocycles. The maximum absolute atomic E-state index is 12.4. The van der Waals surface area contributed by atoms with Crippen molar-refractivity contribution < 1.29 is 14.3 Å². The minimum absolute atomic E-state index is 0.0543. The molecule has 9 heteroatoms. The lowest BCUT2D eigenvalue weighted by Gasteiger charge is -2.07. The standard InChI is InChI=1S/C21H23N5O4/c1-12-8-20(28)24-21(23-12)26-14(3)16(13(2)25-26)5-7-19(27)22-10-15-4-6-17-18(9-15)30-11-29-17/h4,6,8-9H,5,7,10-11H2,1-3H3,(H,22,27)(H,23,24,28). The fourth-order valence-corrected chi connectivity index (χ4v) is 3.49. The molecule has 0 atom stereocenters. The molecule has 1 amide bonds. The van der Waals surface area contributed by atoms with Gasteiger partial charge in [0.15, 0.2) is 11.5 Å². The molecule has 0 saturated carbocycles. The Kier molecular flexibility index (Phi) is 5.26. The highest BCUT2D eigenvalue weighted by Crippen LogP contribution is 2.32. The van der Waals surface area contributed by atoms with Gasteiger partial charge < -0.3 is 14.8 Å². The van der Waals surface area contributed by atoms with E-state index in [-0.39, 0.29) is 18.3 Å². The van der Waals surface area contributed by atoms with Crippen LogP contribution >= 0.6 is 0 Å². The zero-order valence-corrected chi connectivity index (χ0v) is 17.1. The second-order valence-electron chi connectivity index (χ2n) is 7.24. The Morgan fingerprint density at radius 3 is 2.80 bits per heavy atom. The number of fused-ring (bicyclic) bond motifs is 1. The summed E-state index contributed by atoms with van der Waals surface area (Å²) in [6.45, 7) is 6.19. The number of nitrogens with zero attached hydrogens (tertiary/aromatic N) is 3. The van der Waals surface area contributed by atoms with Crippen molar-refractivity contribution in [1.29, 1.82) is 0 Å². The van der Waals surface area contributed by atoms with E-state index in [9.17, 15) is 9.59 Å². The third-order valence-electron chi connectivity index (χ3n) is 5.03.